The van der Waals surface area contributed by atoms with Gasteiger partial charge in [-0.25, -0.2) is 8.78 Å². The second kappa shape index (κ2) is 5.25. The zero-order valence-corrected chi connectivity index (χ0v) is 9.65. The molecule has 0 unspecified atom stereocenters. The highest BCUT2D eigenvalue weighted by Gasteiger charge is 2.23. The third kappa shape index (κ3) is 2.50. The summed E-state index contributed by atoms with van der Waals surface area (Å²) in [6.45, 7) is 3.09. The molecule has 0 aliphatic carbocycles. The van der Waals surface area contributed by atoms with Gasteiger partial charge in [0.1, 0.15) is 5.75 Å². The smallest absolute Gasteiger partial charge is 0.268 e. The maximum Gasteiger partial charge on any atom is 0.268 e. The first-order valence-corrected chi connectivity index (χ1v) is 5.11. The van der Waals surface area contributed by atoms with Crippen LogP contribution in [-0.4, -0.2) is 12.4 Å². The number of benzene rings is 1. The van der Waals surface area contributed by atoms with E-state index in [4.69, 9.17) is 16.3 Å². The Hall–Kier alpha value is -1.16. The van der Waals surface area contributed by atoms with E-state index in [0.29, 0.717) is 0 Å². The number of halogens is 3. The lowest BCUT2D eigenvalue weighted by atomic mass is 10.0. The van der Waals surface area contributed by atoms with Crippen LogP contribution in [0.25, 0.3) is 0 Å². The zero-order chi connectivity index (χ0) is 12.3. The number of hydrogen-bond acceptors (Lipinski definition) is 2. The maximum absolute atomic E-state index is 12.9. The number of hydrogen-bond donors (Lipinski definition) is 0. The van der Waals surface area contributed by atoms with Gasteiger partial charge in [0, 0.05) is 5.56 Å². The van der Waals surface area contributed by atoms with E-state index in [1.807, 2.05) is 0 Å². The maximum atomic E-state index is 12.9. The van der Waals surface area contributed by atoms with Crippen molar-refractivity contribution < 1.29 is 18.3 Å². The van der Waals surface area contributed by atoms with Crippen molar-refractivity contribution in [3.8, 4) is 5.75 Å². The van der Waals surface area contributed by atoms with E-state index in [0.717, 1.165) is 0 Å². The molecule has 88 valence electrons. The first-order chi connectivity index (χ1) is 7.49. The monoisotopic (exact) mass is 248 g/mol. The van der Waals surface area contributed by atoms with Crippen molar-refractivity contribution in [2.75, 3.05) is 6.61 Å². The molecule has 2 nitrogen and oxygen atoms in total. The van der Waals surface area contributed by atoms with Crippen molar-refractivity contribution in [2.45, 2.75) is 20.3 Å². The molecule has 0 radical (unpaired) electrons. The van der Waals surface area contributed by atoms with E-state index in [-0.39, 0.29) is 22.9 Å². The second-order valence-electron chi connectivity index (χ2n) is 3.13. The minimum absolute atomic E-state index is 0.0529. The molecular weight excluding hydrogens is 238 g/mol. The van der Waals surface area contributed by atoms with Crippen molar-refractivity contribution in [3.63, 3.8) is 0 Å². The summed E-state index contributed by atoms with van der Waals surface area (Å²) in [6, 6.07) is 2.67. The molecule has 5 heteroatoms. The topological polar surface area (TPSA) is 26.3 Å². The summed E-state index contributed by atoms with van der Waals surface area (Å²) in [6.07, 6.45) is -2.79. The van der Waals surface area contributed by atoms with Gasteiger partial charge >= 0.3 is 0 Å². The molecule has 0 aliphatic rings. The van der Waals surface area contributed by atoms with Crippen LogP contribution in [0.5, 0.6) is 5.75 Å². The lowest BCUT2D eigenvalue weighted by Gasteiger charge is -2.14. The minimum atomic E-state index is -2.79. The number of carbonyl (C=O) groups is 1. The van der Waals surface area contributed by atoms with Gasteiger partial charge in [0.2, 0.25) is 0 Å². The van der Waals surface area contributed by atoms with Crippen LogP contribution in [0.4, 0.5) is 8.78 Å². The molecule has 0 saturated carbocycles. The highest BCUT2D eigenvalue weighted by Crippen LogP contribution is 2.38. The van der Waals surface area contributed by atoms with Gasteiger partial charge in [0.25, 0.3) is 6.43 Å². The Bertz CT molecular complexity index is 405. The average Bonchev–Trinajstić information content (AvgIpc) is 2.20. The molecule has 1 rings (SSSR count). The van der Waals surface area contributed by atoms with Crippen LogP contribution in [0.15, 0.2) is 12.1 Å². The first kappa shape index (κ1) is 12.9. The summed E-state index contributed by atoms with van der Waals surface area (Å²) < 4.78 is 30.8. The van der Waals surface area contributed by atoms with E-state index in [1.165, 1.54) is 19.1 Å². The second-order valence-corrected chi connectivity index (χ2v) is 3.53. The van der Waals surface area contributed by atoms with Gasteiger partial charge in [-0.15, -0.1) is 0 Å². The van der Waals surface area contributed by atoms with Crippen LogP contribution >= 0.6 is 11.6 Å². The normalized spacial score (nSPS) is 10.6. The first-order valence-electron chi connectivity index (χ1n) is 4.73. The van der Waals surface area contributed by atoms with Gasteiger partial charge in [-0.1, -0.05) is 11.6 Å². The molecule has 0 N–H and O–H groups in total. The van der Waals surface area contributed by atoms with Gasteiger partial charge in [-0.2, -0.15) is 0 Å². The van der Waals surface area contributed by atoms with Crippen LogP contribution < -0.4 is 4.74 Å². The predicted octanol–water partition coefficient (Wildman–Crippen LogP) is 3.88. The van der Waals surface area contributed by atoms with Crippen molar-refractivity contribution in [1.29, 1.82) is 0 Å². The lowest BCUT2D eigenvalue weighted by Crippen LogP contribution is -2.05. The fraction of sp³-hybridized carbons (Fsp3) is 0.364. The Labute approximate surface area is 97.2 Å². The molecule has 0 fully saturated rings. The summed E-state index contributed by atoms with van der Waals surface area (Å²) in [5, 5.41) is 0.0853. The zero-order valence-electron chi connectivity index (χ0n) is 8.89. The summed E-state index contributed by atoms with van der Waals surface area (Å²) >= 11 is 5.76. The van der Waals surface area contributed by atoms with Crippen molar-refractivity contribution in [3.05, 3.63) is 28.3 Å². The molecule has 1 aromatic carbocycles. The van der Waals surface area contributed by atoms with Crippen LogP contribution in [0.3, 0.4) is 0 Å². The fourth-order valence-electron chi connectivity index (χ4n) is 1.39. The molecule has 0 aliphatic heterocycles. The van der Waals surface area contributed by atoms with Crippen LogP contribution in [0.1, 0.15) is 36.2 Å². The minimum Gasteiger partial charge on any atom is -0.492 e. The largest absolute Gasteiger partial charge is 0.492 e. The van der Waals surface area contributed by atoms with Crippen molar-refractivity contribution in [1.82, 2.24) is 0 Å². The molecular formula is C11H11ClF2O2. The van der Waals surface area contributed by atoms with E-state index in [1.54, 1.807) is 6.92 Å². The van der Waals surface area contributed by atoms with Gasteiger partial charge < -0.3 is 4.74 Å². The van der Waals surface area contributed by atoms with Gasteiger partial charge in [-0.3, -0.25) is 4.79 Å². The molecule has 0 bridgehead atoms. The Morgan fingerprint density at radius 2 is 2.12 bits per heavy atom. The molecule has 0 spiro atoms. The summed E-state index contributed by atoms with van der Waals surface area (Å²) in [5.74, 6) is -0.542. The highest BCUT2D eigenvalue weighted by molar-refractivity contribution is 6.32. The summed E-state index contributed by atoms with van der Waals surface area (Å²) in [7, 11) is 0. The fourth-order valence-corrected chi connectivity index (χ4v) is 1.61. The molecule has 0 aromatic heterocycles. The van der Waals surface area contributed by atoms with E-state index >= 15 is 0 Å². The number of ether oxygens (including phenoxy) is 1. The number of rotatable bonds is 4. The van der Waals surface area contributed by atoms with Crippen LogP contribution in [-0.2, 0) is 0 Å². The Morgan fingerprint density at radius 1 is 1.50 bits per heavy atom. The molecule has 0 atom stereocenters. The van der Waals surface area contributed by atoms with Crippen LogP contribution in [0.2, 0.25) is 5.02 Å². The van der Waals surface area contributed by atoms with Crippen molar-refractivity contribution >= 4 is 17.4 Å². The average molecular weight is 249 g/mol. The summed E-state index contributed by atoms with van der Waals surface area (Å²) in [5.41, 5.74) is -0.482. The molecule has 0 amide bonds. The Morgan fingerprint density at radius 3 is 2.56 bits per heavy atom. The van der Waals surface area contributed by atoms with E-state index in [9.17, 15) is 13.6 Å². The third-order valence-electron chi connectivity index (χ3n) is 2.03. The van der Waals surface area contributed by atoms with E-state index in [2.05, 4.69) is 0 Å². The molecule has 0 heterocycles. The Kier molecular flexibility index (Phi) is 4.24. The van der Waals surface area contributed by atoms with Gasteiger partial charge in [-0.05, 0) is 26.0 Å². The molecule has 0 saturated heterocycles. The standard InChI is InChI=1S/C11H11ClF2O2/c1-3-16-10-8(12)5-4-7(6(2)15)9(10)11(13)14/h4-5,11H,3H2,1-2H3. The number of alkyl halides is 2. The highest BCUT2D eigenvalue weighted by atomic mass is 35.5. The lowest BCUT2D eigenvalue weighted by molar-refractivity contribution is 0.0996. The van der Waals surface area contributed by atoms with Crippen LogP contribution in [0, 0.1) is 0 Å². The molecule has 16 heavy (non-hydrogen) atoms. The predicted molar refractivity (Wildman–Crippen MR) is 57.6 cm³/mol. The Balaban J connectivity index is 3.43. The number of Topliss-reactive ketones (excluding diaryl/α,β-unsaturated/α-hetero) is 1. The summed E-state index contributed by atoms with van der Waals surface area (Å²) in [4.78, 5) is 11.2. The third-order valence-corrected chi connectivity index (χ3v) is 2.33. The van der Waals surface area contributed by atoms with Gasteiger partial charge in [0.05, 0.1) is 17.2 Å². The quantitative estimate of drug-likeness (QED) is 0.756. The molecule has 1 aromatic rings. The SMILES string of the molecule is CCOc1c(Cl)ccc(C(C)=O)c1C(F)F. The number of carbonyl (C=O) groups excluding carboxylic acids is 1. The van der Waals surface area contributed by atoms with Gasteiger partial charge in [0.15, 0.2) is 5.78 Å². The van der Waals surface area contributed by atoms with Crippen molar-refractivity contribution in [2.24, 2.45) is 0 Å². The number of ketones is 1. The van der Waals surface area contributed by atoms with E-state index < -0.39 is 17.8 Å².